The van der Waals surface area contributed by atoms with Gasteiger partial charge in [0.25, 0.3) is 5.56 Å². The summed E-state index contributed by atoms with van der Waals surface area (Å²) >= 11 is 3.36. The number of amides is 1. The number of rotatable bonds is 3. The van der Waals surface area contributed by atoms with Crippen LogP contribution < -0.4 is 5.56 Å². The minimum atomic E-state index is -0.101. The number of likely N-dealkylation sites (tertiary alicyclic amines) is 1. The van der Waals surface area contributed by atoms with Gasteiger partial charge in [-0.2, -0.15) is 0 Å². The molecule has 5 nitrogen and oxygen atoms in total. The van der Waals surface area contributed by atoms with Crippen LogP contribution >= 0.6 is 15.9 Å². The minimum Gasteiger partial charge on any atom is -0.343 e. The Hall–Kier alpha value is -1.69. The first kappa shape index (κ1) is 14.3. The molecular formula is C15H16BrN3O2. The molecule has 110 valence electrons. The smallest absolute Gasteiger partial charge is 0.261 e. The van der Waals surface area contributed by atoms with Crippen LogP contribution in [0.1, 0.15) is 19.3 Å². The third kappa shape index (κ3) is 3.00. The quantitative estimate of drug-likeness (QED) is 0.853. The van der Waals surface area contributed by atoms with Gasteiger partial charge in [-0.3, -0.25) is 14.2 Å². The standard InChI is InChI=1S/C15H16BrN3O2/c16-11-3-4-13-12(9-11)15(21)19(10-17-13)8-5-14(20)18-6-1-2-7-18/h3-4,9-10H,1-2,5-8H2. The molecule has 1 aliphatic heterocycles. The number of hydrogen-bond donors (Lipinski definition) is 0. The molecule has 21 heavy (non-hydrogen) atoms. The second-order valence-corrected chi connectivity index (χ2v) is 6.16. The normalized spacial score (nSPS) is 14.8. The van der Waals surface area contributed by atoms with Crippen molar-refractivity contribution in [2.75, 3.05) is 13.1 Å². The van der Waals surface area contributed by atoms with Crippen LogP contribution in [0.25, 0.3) is 10.9 Å². The van der Waals surface area contributed by atoms with Gasteiger partial charge in [0.2, 0.25) is 5.91 Å². The zero-order valence-electron chi connectivity index (χ0n) is 11.6. The first-order valence-electron chi connectivity index (χ1n) is 7.07. The number of aryl methyl sites for hydroxylation is 1. The molecule has 0 N–H and O–H groups in total. The van der Waals surface area contributed by atoms with Gasteiger partial charge in [-0.25, -0.2) is 4.98 Å². The number of carbonyl (C=O) groups excluding carboxylic acids is 1. The van der Waals surface area contributed by atoms with Crippen molar-refractivity contribution in [3.63, 3.8) is 0 Å². The summed E-state index contributed by atoms with van der Waals surface area (Å²) in [4.78, 5) is 30.6. The Morgan fingerprint density at radius 2 is 2.05 bits per heavy atom. The predicted octanol–water partition coefficient (Wildman–Crippen LogP) is 2.17. The van der Waals surface area contributed by atoms with Crippen molar-refractivity contribution >= 4 is 32.7 Å². The molecule has 6 heteroatoms. The average Bonchev–Trinajstić information content (AvgIpc) is 3.01. The van der Waals surface area contributed by atoms with Crippen LogP contribution in [0, 0.1) is 0 Å². The summed E-state index contributed by atoms with van der Waals surface area (Å²) < 4.78 is 2.36. The van der Waals surface area contributed by atoms with Gasteiger partial charge in [0, 0.05) is 30.5 Å². The van der Waals surface area contributed by atoms with Crippen molar-refractivity contribution in [1.29, 1.82) is 0 Å². The largest absolute Gasteiger partial charge is 0.343 e. The second-order valence-electron chi connectivity index (χ2n) is 5.24. The Kier molecular flexibility index (Phi) is 4.05. The Bertz CT molecular complexity index is 735. The predicted molar refractivity (Wildman–Crippen MR) is 84.1 cm³/mol. The fourth-order valence-corrected chi connectivity index (χ4v) is 2.99. The number of carbonyl (C=O) groups is 1. The van der Waals surface area contributed by atoms with E-state index in [2.05, 4.69) is 20.9 Å². The molecule has 1 aliphatic rings. The van der Waals surface area contributed by atoms with Crippen molar-refractivity contribution in [2.24, 2.45) is 0 Å². The van der Waals surface area contributed by atoms with Gasteiger partial charge in [-0.05, 0) is 31.0 Å². The van der Waals surface area contributed by atoms with E-state index in [4.69, 9.17) is 0 Å². The van der Waals surface area contributed by atoms with Gasteiger partial charge in [-0.15, -0.1) is 0 Å². The van der Waals surface area contributed by atoms with Gasteiger partial charge in [0.05, 0.1) is 17.2 Å². The minimum absolute atomic E-state index is 0.101. The molecule has 0 aliphatic carbocycles. The fraction of sp³-hybridized carbons (Fsp3) is 0.400. The summed E-state index contributed by atoms with van der Waals surface area (Å²) in [6, 6.07) is 5.43. The number of hydrogen-bond acceptors (Lipinski definition) is 3. The maximum atomic E-state index is 12.4. The maximum absolute atomic E-state index is 12.4. The SMILES string of the molecule is O=C(CCn1cnc2ccc(Br)cc2c1=O)N1CCCC1. The van der Waals surface area contributed by atoms with E-state index in [0.717, 1.165) is 30.4 Å². The number of nitrogens with zero attached hydrogens (tertiary/aromatic N) is 3. The Morgan fingerprint density at radius 3 is 2.81 bits per heavy atom. The molecule has 0 bridgehead atoms. The van der Waals surface area contributed by atoms with E-state index in [0.29, 0.717) is 23.9 Å². The molecule has 0 saturated carbocycles. The molecule has 1 aromatic carbocycles. The molecule has 0 atom stereocenters. The first-order chi connectivity index (χ1) is 10.1. The van der Waals surface area contributed by atoms with Gasteiger partial charge < -0.3 is 4.90 Å². The summed E-state index contributed by atoms with van der Waals surface area (Å²) in [6.45, 7) is 2.07. The highest BCUT2D eigenvalue weighted by molar-refractivity contribution is 9.10. The van der Waals surface area contributed by atoms with Crippen molar-refractivity contribution in [2.45, 2.75) is 25.8 Å². The van der Waals surface area contributed by atoms with Gasteiger partial charge in [0.15, 0.2) is 0 Å². The van der Waals surface area contributed by atoms with Crippen LogP contribution in [0.2, 0.25) is 0 Å². The lowest BCUT2D eigenvalue weighted by Crippen LogP contribution is -2.30. The monoisotopic (exact) mass is 349 g/mol. The lowest BCUT2D eigenvalue weighted by Gasteiger charge is -2.15. The molecule has 3 rings (SSSR count). The highest BCUT2D eigenvalue weighted by atomic mass is 79.9. The summed E-state index contributed by atoms with van der Waals surface area (Å²) in [5.74, 6) is 0.119. The molecule has 1 fully saturated rings. The molecule has 1 saturated heterocycles. The molecule has 0 spiro atoms. The number of fused-ring (bicyclic) bond motifs is 1. The van der Waals surface area contributed by atoms with E-state index < -0.39 is 0 Å². The zero-order chi connectivity index (χ0) is 14.8. The van der Waals surface area contributed by atoms with E-state index >= 15 is 0 Å². The third-order valence-corrected chi connectivity index (χ3v) is 4.30. The van der Waals surface area contributed by atoms with Crippen LogP contribution in [0.15, 0.2) is 33.8 Å². The van der Waals surface area contributed by atoms with Gasteiger partial charge >= 0.3 is 0 Å². The maximum Gasteiger partial charge on any atom is 0.261 e. The summed E-state index contributed by atoms with van der Waals surface area (Å²) in [6.07, 6.45) is 4.03. The van der Waals surface area contributed by atoms with Crippen molar-refractivity contribution in [3.05, 3.63) is 39.4 Å². The molecule has 2 aromatic rings. The van der Waals surface area contributed by atoms with E-state index in [1.807, 2.05) is 11.0 Å². The second kappa shape index (κ2) is 5.97. The topological polar surface area (TPSA) is 55.2 Å². The molecule has 0 radical (unpaired) electrons. The van der Waals surface area contributed by atoms with Gasteiger partial charge in [-0.1, -0.05) is 15.9 Å². The molecule has 1 amide bonds. The van der Waals surface area contributed by atoms with E-state index in [1.54, 1.807) is 12.1 Å². The summed E-state index contributed by atoms with van der Waals surface area (Å²) in [7, 11) is 0. The van der Waals surface area contributed by atoms with Crippen LogP contribution in [0.5, 0.6) is 0 Å². The van der Waals surface area contributed by atoms with Crippen molar-refractivity contribution < 1.29 is 4.79 Å². The van der Waals surface area contributed by atoms with Crippen molar-refractivity contribution in [1.82, 2.24) is 14.5 Å². The van der Waals surface area contributed by atoms with Crippen LogP contribution in [0.4, 0.5) is 0 Å². The first-order valence-corrected chi connectivity index (χ1v) is 7.87. The lowest BCUT2D eigenvalue weighted by atomic mass is 10.2. The van der Waals surface area contributed by atoms with E-state index in [1.165, 1.54) is 10.9 Å². The van der Waals surface area contributed by atoms with E-state index in [-0.39, 0.29) is 11.5 Å². The molecule has 2 heterocycles. The average molecular weight is 350 g/mol. The van der Waals surface area contributed by atoms with Crippen LogP contribution in [-0.2, 0) is 11.3 Å². The molecule has 1 aromatic heterocycles. The summed E-state index contributed by atoms with van der Waals surface area (Å²) in [5.41, 5.74) is 0.570. The van der Waals surface area contributed by atoms with Crippen LogP contribution in [-0.4, -0.2) is 33.4 Å². The zero-order valence-corrected chi connectivity index (χ0v) is 13.2. The lowest BCUT2D eigenvalue weighted by molar-refractivity contribution is -0.130. The Morgan fingerprint density at radius 1 is 1.29 bits per heavy atom. The molecule has 0 unspecified atom stereocenters. The van der Waals surface area contributed by atoms with E-state index in [9.17, 15) is 9.59 Å². The Labute approximate surface area is 130 Å². The fourth-order valence-electron chi connectivity index (χ4n) is 2.63. The van der Waals surface area contributed by atoms with Crippen molar-refractivity contribution in [3.8, 4) is 0 Å². The highest BCUT2D eigenvalue weighted by Gasteiger charge is 2.17. The molecular weight excluding hydrogens is 334 g/mol. The summed E-state index contributed by atoms with van der Waals surface area (Å²) in [5, 5.41) is 0.570. The number of halogens is 1. The highest BCUT2D eigenvalue weighted by Crippen LogP contribution is 2.15. The van der Waals surface area contributed by atoms with Gasteiger partial charge in [0.1, 0.15) is 0 Å². The van der Waals surface area contributed by atoms with Crippen LogP contribution in [0.3, 0.4) is 0 Å². The Balaban J connectivity index is 1.79. The third-order valence-electron chi connectivity index (χ3n) is 3.81. The number of benzene rings is 1. The number of aromatic nitrogens is 2.